The van der Waals surface area contributed by atoms with Crippen molar-refractivity contribution in [1.29, 1.82) is 0 Å². The lowest BCUT2D eigenvalue weighted by Crippen LogP contribution is -2.42. The Kier molecular flexibility index (Phi) is 4.63. The zero-order valence-corrected chi connectivity index (χ0v) is 7.53. The topological polar surface area (TPSA) is 107 Å². The van der Waals surface area contributed by atoms with Crippen molar-refractivity contribution in [1.82, 2.24) is 5.43 Å². The summed E-state index contributed by atoms with van der Waals surface area (Å²) >= 11 is 0. The lowest BCUT2D eigenvalue weighted by molar-refractivity contribution is -0.139. The molecule has 0 amide bonds. The number of nitrogens with one attached hydrogen (secondary N) is 1. The summed E-state index contributed by atoms with van der Waals surface area (Å²) in [5.41, 5.74) is 3.27. The molecule has 0 radical (unpaired) electrons. The van der Waals surface area contributed by atoms with Gasteiger partial charge in [0, 0.05) is 0 Å². The fourth-order valence-electron chi connectivity index (χ4n) is 1.05. The number of hydrazine groups is 1. The van der Waals surface area contributed by atoms with E-state index in [0.717, 1.165) is 5.56 Å². The van der Waals surface area contributed by atoms with Gasteiger partial charge in [-0.3, -0.25) is 10.6 Å². The van der Waals surface area contributed by atoms with Crippen LogP contribution in [0.25, 0.3) is 0 Å². The first-order valence-electron chi connectivity index (χ1n) is 4.43. The molecular weight excluding hydrogens is 184 g/mol. The van der Waals surface area contributed by atoms with Gasteiger partial charge >= 0.3 is 5.97 Å². The molecule has 0 aliphatic rings. The van der Waals surface area contributed by atoms with Crippen molar-refractivity contribution in [3.05, 3.63) is 35.9 Å². The van der Waals surface area contributed by atoms with Gasteiger partial charge in [-0.1, -0.05) is 30.3 Å². The van der Waals surface area contributed by atoms with Crippen molar-refractivity contribution in [2.24, 2.45) is 5.84 Å². The van der Waals surface area contributed by atoms with Crippen LogP contribution >= 0.6 is 0 Å². The van der Waals surface area contributed by atoms with E-state index in [0.29, 0.717) is 6.42 Å². The Balaban J connectivity index is 0.00000196. The maximum Gasteiger partial charge on any atom is 0.322 e. The first-order valence-corrected chi connectivity index (χ1v) is 3.93. The quantitative estimate of drug-likeness (QED) is 0.431. The number of hydrogen-bond acceptors (Lipinski definition) is 3. The van der Waals surface area contributed by atoms with Crippen LogP contribution in [0.4, 0.5) is 0 Å². The molecule has 6 N–H and O–H groups in total. The summed E-state index contributed by atoms with van der Waals surface area (Å²) in [7, 11) is 0. The monoisotopic (exact) mass is 199 g/mol. The Morgan fingerprint density at radius 3 is 2.71 bits per heavy atom. The molecule has 1 atom stereocenters. The van der Waals surface area contributed by atoms with E-state index in [1.807, 2.05) is 36.2 Å². The first-order chi connectivity index (χ1) is 6.74. The standard InChI is InChI=1S/C9H12N2O2.H2O/c10-11-8(9(12)13)6-7-4-2-1-3-5-7;/h1-5,8,11H,6,10H2,(H,12,13);1H2/t8-;/m0./s1/i/hD. The number of carbonyl (C=O) groups is 1. The smallest absolute Gasteiger partial charge is 0.322 e. The molecule has 0 aliphatic carbocycles. The summed E-state index contributed by atoms with van der Waals surface area (Å²) < 4.78 is 6.67. The van der Waals surface area contributed by atoms with Gasteiger partial charge in [-0.05, 0) is 12.0 Å². The third-order valence-corrected chi connectivity index (χ3v) is 1.75. The molecule has 5 heteroatoms. The zero-order valence-electron chi connectivity index (χ0n) is 8.53. The molecule has 0 unspecified atom stereocenters. The van der Waals surface area contributed by atoms with Crippen LogP contribution in [0.5, 0.6) is 0 Å². The van der Waals surface area contributed by atoms with E-state index < -0.39 is 12.0 Å². The molecule has 1 rings (SSSR count). The highest BCUT2D eigenvalue weighted by Gasteiger charge is 2.14. The number of carboxylic acids is 1. The molecule has 5 nitrogen and oxygen atoms in total. The summed E-state index contributed by atoms with van der Waals surface area (Å²) in [6.45, 7) is 0. The van der Waals surface area contributed by atoms with Crippen LogP contribution in [0.1, 0.15) is 5.56 Å². The summed E-state index contributed by atoms with van der Waals surface area (Å²) in [4.78, 5) is 10.7. The Hall–Kier alpha value is -1.43. The number of hydrogen-bond donors (Lipinski definition) is 3. The average molecular weight is 199 g/mol. The highest BCUT2D eigenvalue weighted by atomic mass is 16.4. The third-order valence-electron chi connectivity index (χ3n) is 1.75. The summed E-state index contributed by atoms with van der Waals surface area (Å²) in [6, 6.07) is 8.48. The number of benzene rings is 1. The summed E-state index contributed by atoms with van der Waals surface area (Å²) in [5.74, 6) is 0.910. The van der Waals surface area contributed by atoms with Crippen LogP contribution in [0, 0.1) is 0 Å². The van der Waals surface area contributed by atoms with Gasteiger partial charge in [0.15, 0.2) is 0 Å². The molecular formula is C9H14N2O3. The normalized spacial score (nSPS) is 12.4. The fourth-order valence-corrected chi connectivity index (χ4v) is 1.05. The molecule has 0 saturated heterocycles. The lowest BCUT2D eigenvalue weighted by atomic mass is 10.1. The van der Waals surface area contributed by atoms with Crippen LogP contribution < -0.4 is 11.3 Å². The van der Waals surface area contributed by atoms with Crippen LogP contribution in [0.3, 0.4) is 0 Å². The lowest BCUT2D eigenvalue weighted by Gasteiger charge is -2.09. The van der Waals surface area contributed by atoms with E-state index in [1.54, 1.807) is 0 Å². The van der Waals surface area contributed by atoms with Gasteiger partial charge in [0.1, 0.15) is 7.45 Å². The fraction of sp³-hybridized carbons (Fsp3) is 0.222. The van der Waals surface area contributed by atoms with Crippen LogP contribution in [-0.2, 0) is 11.2 Å². The second kappa shape index (κ2) is 6.09. The van der Waals surface area contributed by atoms with Gasteiger partial charge in [-0.2, -0.15) is 0 Å². The predicted octanol–water partition coefficient (Wildman–Crippen LogP) is -0.679. The number of carboxylic acid groups (broad SMARTS) is 1. The highest BCUT2D eigenvalue weighted by Crippen LogP contribution is 2.02. The maximum absolute atomic E-state index is 10.7. The highest BCUT2D eigenvalue weighted by molar-refractivity contribution is 5.73. The van der Waals surface area contributed by atoms with Crippen molar-refractivity contribution in [2.45, 2.75) is 12.5 Å². The summed E-state index contributed by atoms with van der Waals surface area (Å²) in [6.07, 6.45) is 0.349. The molecule has 0 aromatic heterocycles. The van der Waals surface area contributed by atoms with E-state index in [1.165, 1.54) is 0 Å². The Morgan fingerprint density at radius 2 is 2.21 bits per heavy atom. The molecule has 1 aromatic rings. The molecule has 0 aliphatic heterocycles. The van der Waals surface area contributed by atoms with Crippen LogP contribution in [0.15, 0.2) is 30.3 Å². The molecule has 1 aromatic carbocycles. The van der Waals surface area contributed by atoms with Gasteiger partial charge in [0.25, 0.3) is 0 Å². The average Bonchev–Trinajstić information content (AvgIpc) is 2.18. The van der Waals surface area contributed by atoms with E-state index in [9.17, 15) is 4.79 Å². The van der Waals surface area contributed by atoms with Gasteiger partial charge in [0.05, 0.1) is 0 Å². The summed E-state index contributed by atoms with van der Waals surface area (Å²) in [5, 5.41) is 8.78. The minimum Gasteiger partial charge on any atom is -0.480 e. The number of nitrogens with two attached hydrogens (primary N) is 1. The van der Waals surface area contributed by atoms with Crippen molar-refractivity contribution < 1.29 is 16.8 Å². The van der Waals surface area contributed by atoms with Gasteiger partial charge in [0.2, 0.25) is 0 Å². The van der Waals surface area contributed by atoms with Crippen LogP contribution in [-0.4, -0.2) is 22.6 Å². The molecule has 0 bridgehead atoms. The van der Waals surface area contributed by atoms with E-state index in [4.69, 9.17) is 6.52 Å². The van der Waals surface area contributed by atoms with Crippen molar-refractivity contribution in [2.75, 3.05) is 0 Å². The zero-order chi connectivity index (χ0) is 10.4. The van der Waals surface area contributed by atoms with E-state index in [-0.39, 0.29) is 5.48 Å². The molecule has 14 heavy (non-hydrogen) atoms. The van der Waals surface area contributed by atoms with Crippen molar-refractivity contribution >= 4 is 5.97 Å². The van der Waals surface area contributed by atoms with Crippen LogP contribution in [0.2, 0.25) is 1.41 Å². The van der Waals surface area contributed by atoms with Gasteiger partial charge < -0.3 is 10.6 Å². The SMILES string of the molecule is O.[2H]NN[C@@H](Cc1ccccc1)C(=O)O. The first kappa shape index (κ1) is 10.6. The maximum atomic E-state index is 10.7. The van der Waals surface area contributed by atoms with Crippen molar-refractivity contribution in [3.8, 4) is 0 Å². The Morgan fingerprint density at radius 1 is 1.57 bits per heavy atom. The third kappa shape index (κ3) is 3.53. The molecule has 0 saturated carbocycles. The largest absolute Gasteiger partial charge is 0.480 e. The van der Waals surface area contributed by atoms with Gasteiger partial charge in [-0.25, -0.2) is 5.43 Å². The number of aliphatic carboxylic acids is 1. The second-order valence-corrected chi connectivity index (χ2v) is 2.72. The van der Waals surface area contributed by atoms with E-state index in [2.05, 4.69) is 5.43 Å². The predicted molar refractivity (Wildman–Crippen MR) is 52.5 cm³/mol. The van der Waals surface area contributed by atoms with Crippen molar-refractivity contribution in [3.63, 3.8) is 0 Å². The molecule has 0 fully saturated rings. The van der Waals surface area contributed by atoms with E-state index >= 15 is 0 Å². The molecule has 0 spiro atoms. The molecule has 78 valence electrons. The minimum absolute atomic E-state index is 0. The van der Waals surface area contributed by atoms with Gasteiger partial charge in [-0.15, -0.1) is 0 Å². The minimum atomic E-state index is -0.978. The Labute approximate surface area is 83.3 Å². The second-order valence-electron chi connectivity index (χ2n) is 2.72. The number of rotatable bonds is 5. The molecule has 0 heterocycles. The Bertz CT molecular complexity index is 295.